The Balaban J connectivity index is 1.66. The summed E-state index contributed by atoms with van der Waals surface area (Å²) in [4.78, 5) is -0.325. The van der Waals surface area contributed by atoms with Crippen molar-refractivity contribution in [1.29, 1.82) is 0 Å². The summed E-state index contributed by atoms with van der Waals surface area (Å²) >= 11 is 3.44. The second-order valence-corrected chi connectivity index (χ2v) is 10.1. The predicted molar refractivity (Wildman–Crippen MR) is 121 cm³/mol. The van der Waals surface area contributed by atoms with E-state index < -0.39 is 51.6 Å². The minimum absolute atomic E-state index is 0.0639. The Morgan fingerprint density at radius 2 is 1.12 bits per heavy atom. The Kier molecular flexibility index (Phi) is 8.06. The third-order valence-corrected chi connectivity index (χ3v) is 7.58. The fraction of sp³-hybridized carbons (Fsp3) is 0.100. The van der Waals surface area contributed by atoms with Crippen LogP contribution in [0.2, 0.25) is 0 Å². The Labute approximate surface area is 211 Å². The van der Waals surface area contributed by atoms with Gasteiger partial charge < -0.3 is 14.0 Å². The number of ether oxygens (including phenoxy) is 2. The van der Waals surface area contributed by atoms with Crippen LogP contribution in [-0.2, 0) is 23.3 Å². The van der Waals surface area contributed by atoms with Crippen LogP contribution in [0, 0.1) is 36.2 Å². The lowest BCUT2D eigenvalue weighted by Crippen LogP contribution is -2.07. The molecule has 3 rings (SSSR count). The molecule has 0 saturated carbocycles. The van der Waals surface area contributed by atoms with Gasteiger partial charge in [-0.05, 0) is 68.4 Å². The van der Waals surface area contributed by atoms with Gasteiger partial charge in [-0.15, -0.1) is 0 Å². The van der Waals surface area contributed by atoms with Crippen LogP contribution in [-0.4, -0.2) is 13.0 Å². The summed E-state index contributed by atoms with van der Waals surface area (Å²) < 4.78 is 112. The van der Waals surface area contributed by atoms with Gasteiger partial charge >= 0.3 is 0 Å². The highest BCUT2D eigenvalue weighted by molar-refractivity contribution is 14.1. The molecule has 33 heavy (non-hydrogen) atoms. The topological polar surface area (TPSA) is 75.7 Å². The summed E-state index contributed by atoms with van der Waals surface area (Å²) in [6.45, 7) is -0.393. The largest absolute Gasteiger partial charge is 0.744 e. The van der Waals surface area contributed by atoms with Crippen LogP contribution in [0.3, 0.4) is 0 Å². The molecule has 0 amide bonds. The van der Waals surface area contributed by atoms with E-state index in [4.69, 9.17) is 9.47 Å². The quantitative estimate of drug-likeness (QED) is 0.104. The molecule has 176 valence electrons. The second-order valence-electron chi connectivity index (χ2n) is 6.46. The predicted octanol–water partition coefficient (Wildman–Crippen LogP) is 5.65. The first-order chi connectivity index (χ1) is 15.4. The molecule has 3 aromatic carbocycles. The van der Waals surface area contributed by atoms with Crippen molar-refractivity contribution in [2.75, 3.05) is 0 Å². The van der Waals surface area contributed by atoms with Crippen molar-refractivity contribution in [2.24, 2.45) is 0 Å². The van der Waals surface area contributed by atoms with Gasteiger partial charge in [-0.1, -0.05) is 24.3 Å². The number of benzene rings is 3. The third-order valence-electron chi connectivity index (χ3n) is 4.20. The van der Waals surface area contributed by atoms with E-state index in [1.807, 2.05) is 0 Å². The first-order valence-electron chi connectivity index (χ1n) is 8.70. The van der Waals surface area contributed by atoms with E-state index in [1.54, 1.807) is 57.3 Å². The summed E-state index contributed by atoms with van der Waals surface area (Å²) in [5, 5.41) is 0. The average Bonchev–Trinajstić information content (AvgIpc) is 2.74. The Morgan fingerprint density at radius 1 is 0.727 bits per heavy atom. The zero-order valence-electron chi connectivity index (χ0n) is 16.0. The van der Waals surface area contributed by atoms with Crippen LogP contribution in [0.15, 0.2) is 41.3 Å². The van der Waals surface area contributed by atoms with Gasteiger partial charge in [-0.3, -0.25) is 0 Å². The first-order valence-corrected chi connectivity index (χ1v) is 12.3. The highest BCUT2D eigenvalue weighted by atomic mass is 127. The van der Waals surface area contributed by atoms with Crippen molar-refractivity contribution in [3.63, 3.8) is 0 Å². The van der Waals surface area contributed by atoms with Crippen molar-refractivity contribution < 1.29 is 44.4 Å². The molecule has 0 aromatic heterocycles. The van der Waals surface area contributed by atoms with Gasteiger partial charge in [0, 0.05) is 7.14 Å². The lowest BCUT2D eigenvalue weighted by Gasteiger charge is -2.14. The third kappa shape index (κ3) is 5.86. The maximum Gasteiger partial charge on any atom is 0.207 e. The van der Waals surface area contributed by atoms with Crippen molar-refractivity contribution in [1.82, 2.24) is 0 Å². The number of halogens is 7. The van der Waals surface area contributed by atoms with Gasteiger partial charge in [-0.25, -0.2) is 21.6 Å². The van der Waals surface area contributed by atoms with E-state index >= 15 is 0 Å². The maximum atomic E-state index is 13.7. The number of rotatable bonds is 7. The molecule has 0 aliphatic heterocycles. The molecular formula is C20H10F5I2O5S-. The molecule has 0 atom stereocenters. The maximum absolute atomic E-state index is 13.7. The van der Waals surface area contributed by atoms with Crippen molar-refractivity contribution >= 4 is 55.3 Å². The summed E-state index contributed by atoms with van der Waals surface area (Å²) in [5.74, 6) is -11.6. The van der Waals surface area contributed by atoms with Crippen LogP contribution in [0.25, 0.3) is 0 Å². The molecule has 0 spiro atoms. The lowest BCUT2D eigenvalue weighted by molar-refractivity contribution is 0.253. The second kappa shape index (κ2) is 10.3. The fourth-order valence-corrected chi connectivity index (χ4v) is 6.55. The Hall–Kier alpha value is -1.72. The average molecular weight is 711 g/mol. The van der Waals surface area contributed by atoms with E-state index in [0.29, 0.717) is 16.9 Å². The van der Waals surface area contributed by atoms with Crippen molar-refractivity contribution in [3.8, 4) is 11.5 Å². The van der Waals surface area contributed by atoms with E-state index in [0.717, 1.165) is 0 Å². The van der Waals surface area contributed by atoms with Gasteiger partial charge in [-0.2, -0.15) is 8.78 Å². The zero-order chi connectivity index (χ0) is 24.5. The lowest BCUT2D eigenvalue weighted by atomic mass is 10.1. The zero-order valence-corrected chi connectivity index (χ0v) is 21.1. The molecule has 13 heteroatoms. The summed E-state index contributed by atoms with van der Waals surface area (Å²) in [6.07, 6.45) is 0. The van der Waals surface area contributed by atoms with Crippen LogP contribution in [0.4, 0.5) is 22.0 Å². The fourth-order valence-electron chi connectivity index (χ4n) is 2.62. The molecule has 0 bridgehead atoms. The smallest absolute Gasteiger partial charge is 0.207 e. The van der Waals surface area contributed by atoms with Crippen molar-refractivity contribution in [2.45, 2.75) is 18.1 Å². The molecule has 5 nitrogen and oxygen atoms in total. The molecule has 0 unspecified atom stereocenters. The normalized spacial score (nSPS) is 11.5. The molecule has 0 aliphatic carbocycles. The number of hydrogen-bond acceptors (Lipinski definition) is 5. The molecule has 3 aromatic rings. The van der Waals surface area contributed by atoms with Gasteiger partial charge in [0.1, 0.15) is 29.1 Å². The molecule has 0 fully saturated rings. The van der Waals surface area contributed by atoms with Gasteiger partial charge in [0.05, 0.1) is 4.90 Å². The standard InChI is InChI=1S/C20H11F5I2O5S/c21-14-15(22)17(24)19(18(25)16(14)23)32-8-10-3-1-9(2-4-10)7-31-11-5-12(26)20(13(27)6-11)33(28,29)30/h1-6H,7-8H2,(H,28,29,30)/p-1. The minimum Gasteiger partial charge on any atom is -0.744 e. The van der Waals surface area contributed by atoms with Gasteiger partial charge in [0.2, 0.25) is 29.1 Å². The molecular weight excluding hydrogens is 701 g/mol. The SMILES string of the molecule is O=S(=O)([O-])c1c(I)cc(OCc2ccc(COc3c(F)c(F)c(F)c(F)c3F)cc2)cc1I. The van der Waals surface area contributed by atoms with Crippen LogP contribution in [0.1, 0.15) is 11.1 Å². The summed E-state index contributed by atoms with van der Waals surface area (Å²) in [6, 6.07) is 8.99. The van der Waals surface area contributed by atoms with E-state index in [2.05, 4.69) is 0 Å². The van der Waals surface area contributed by atoms with E-state index in [1.165, 1.54) is 24.3 Å². The molecule has 0 saturated heterocycles. The van der Waals surface area contributed by atoms with Gasteiger partial charge in [0.25, 0.3) is 0 Å². The van der Waals surface area contributed by atoms with Crippen LogP contribution in [0.5, 0.6) is 11.5 Å². The molecule has 0 radical (unpaired) electrons. The minimum atomic E-state index is -4.63. The monoisotopic (exact) mass is 711 g/mol. The Bertz CT molecular complexity index is 1270. The van der Waals surface area contributed by atoms with Crippen LogP contribution < -0.4 is 9.47 Å². The number of hydrogen-bond donors (Lipinski definition) is 0. The van der Waals surface area contributed by atoms with Gasteiger partial charge in [0.15, 0.2) is 5.75 Å². The summed E-state index contributed by atoms with van der Waals surface area (Å²) in [5.41, 5.74) is 1.04. The highest BCUT2D eigenvalue weighted by Gasteiger charge is 2.27. The first kappa shape index (κ1) is 25.9. The van der Waals surface area contributed by atoms with Crippen LogP contribution >= 0.6 is 45.2 Å². The van der Waals surface area contributed by atoms with Crippen molar-refractivity contribution in [3.05, 3.63) is 83.8 Å². The van der Waals surface area contributed by atoms with E-state index in [-0.39, 0.29) is 18.6 Å². The molecule has 0 heterocycles. The highest BCUT2D eigenvalue weighted by Crippen LogP contribution is 2.31. The Morgan fingerprint density at radius 3 is 1.55 bits per heavy atom. The molecule has 0 aliphatic rings. The van der Waals surface area contributed by atoms with E-state index in [9.17, 15) is 34.9 Å². The summed E-state index contributed by atoms with van der Waals surface area (Å²) in [7, 11) is -4.63. The molecule has 0 N–H and O–H groups in total.